The molecule has 0 fully saturated rings. The maximum atomic E-state index is 11.5. The quantitative estimate of drug-likeness (QED) is 0.860. The SMILES string of the molecule is CC(C)(CNc1nc(N)ncc1Br)S(C)(=O)=O. The molecule has 0 radical (unpaired) electrons. The molecule has 6 nitrogen and oxygen atoms in total. The molecule has 0 amide bonds. The Morgan fingerprint density at radius 2 is 2.12 bits per heavy atom. The van der Waals surface area contributed by atoms with Gasteiger partial charge in [-0.2, -0.15) is 4.98 Å². The first kappa shape index (κ1) is 14.2. The van der Waals surface area contributed by atoms with Crippen LogP contribution in [0.2, 0.25) is 0 Å². The molecule has 0 aliphatic heterocycles. The van der Waals surface area contributed by atoms with Crippen LogP contribution in [0.4, 0.5) is 11.8 Å². The molecule has 0 aromatic carbocycles. The zero-order valence-corrected chi connectivity index (χ0v) is 12.3. The van der Waals surface area contributed by atoms with Crippen molar-refractivity contribution in [2.45, 2.75) is 18.6 Å². The Balaban J connectivity index is 2.84. The van der Waals surface area contributed by atoms with Gasteiger partial charge in [-0.05, 0) is 29.8 Å². The maximum Gasteiger partial charge on any atom is 0.221 e. The fourth-order valence-corrected chi connectivity index (χ4v) is 1.60. The number of nitrogens with two attached hydrogens (primary N) is 1. The fourth-order valence-electron chi connectivity index (χ4n) is 0.932. The number of rotatable bonds is 4. The molecular weight excluding hydrogens is 308 g/mol. The normalized spacial score (nSPS) is 12.5. The Bertz CT molecular complexity index is 516. The van der Waals surface area contributed by atoms with E-state index in [0.29, 0.717) is 10.3 Å². The molecule has 0 unspecified atom stereocenters. The third-order valence-corrected chi connectivity index (χ3v) is 5.18. The minimum Gasteiger partial charge on any atom is -0.368 e. The predicted octanol–water partition coefficient (Wildman–Crippen LogP) is 1.06. The Hall–Kier alpha value is -0.890. The van der Waals surface area contributed by atoms with Gasteiger partial charge in [-0.25, -0.2) is 13.4 Å². The van der Waals surface area contributed by atoms with E-state index in [0.717, 1.165) is 0 Å². The number of anilines is 2. The summed E-state index contributed by atoms with van der Waals surface area (Å²) in [7, 11) is -3.15. The molecule has 1 heterocycles. The van der Waals surface area contributed by atoms with Gasteiger partial charge in [-0.15, -0.1) is 0 Å². The third-order valence-electron chi connectivity index (χ3n) is 2.45. The Labute approximate surface area is 109 Å². The van der Waals surface area contributed by atoms with Gasteiger partial charge in [0.1, 0.15) is 5.82 Å². The van der Waals surface area contributed by atoms with Crippen molar-refractivity contribution in [3.05, 3.63) is 10.7 Å². The van der Waals surface area contributed by atoms with E-state index in [1.807, 2.05) is 0 Å². The van der Waals surface area contributed by atoms with E-state index < -0.39 is 14.6 Å². The second-order valence-corrected chi connectivity index (χ2v) is 7.81. The van der Waals surface area contributed by atoms with E-state index in [4.69, 9.17) is 5.73 Å². The molecule has 0 spiro atoms. The highest BCUT2D eigenvalue weighted by molar-refractivity contribution is 9.10. The first-order valence-electron chi connectivity index (χ1n) is 4.85. The fraction of sp³-hybridized carbons (Fsp3) is 0.556. The zero-order valence-electron chi connectivity index (χ0n) is 9.86. The van der Waals surface area contributed by atoms with Crippen molar-refractivity contribution in [1.29, 1.82) is 0 Å². The molecule has 0 saturated heterocycles. The molecule has 1 aromatic heterocycles. The van der Waals surface area contributed by atoms with Crippen molar-refractivity contribution >= 4 is 37.5 Å². The summed E-state index contributed by atoms with van der Waals surface area (Å²) in [5, 5.41) is 2.94. The highest BCUT2D eigenvalue weighted by Crippen LogP contribution is 2.21. The van der Waals surface area contributed by atoms with Crippen LogP contribution in [0, 0.1) is 0 Å². The minimum absolute atomic E-state index is 0.132. The lowest BCUT2D eigenvalue weighted by Gasteiger charge is -2.23. The summed E-state index contributed by atoms with van der Waals surface area (Å²) < 4.78 is 22.8. The van der Waals surface area contributed by atoms with Gasteiger partial charge in [0, 0.05) is 19.0 Å². The Morgan fingerprint density at radius 3 is 2.65 bits per heavy atom. The molecule has 0 bridgehead atoms. The number of hydrogen-bond donors (Lipinski definition) is 2. The van der Waals surface area contributed by atoms with Crippen molar-refractivity contribution < 1.29 is 8.42 Å². The highest BCUT2D eigenvalue weighted by atomic mass is 79.9. The van der Waals surface area contributed by atoms with E-state index in [2.05, 4.69) is 31.2 Å². The zero-order chi connectivity index (χ0) is 13.3. The van der Waals surface area contributed by atoms with Crippen LogP contribution >= 0.6 is 15.9 Å². The second-order valence-electron chi connectivity index (χ2n) is 4.31. The number of hydrogen-bond acceptors (Lipinski definition) is 6. The van der Waals surface area contributed by atoms with Crippen LogP contribution in [0.25, 0.3) is 0 Å². The van der Waals surface area contributed by atoms with Crippen LogP contribution in [-0.2, 0) is 9.84 Å². The van der Waals surface area contributed by atoms with Crippen LogP contribution in [-0.4, -0.2) is 35.9 Å². The van der Waals surface area contributed by atoms with Crippen molar-refractivity contribution in [2.75, 3.05) is 23.9 Å². The summed E-state index contributed by atoms with van der Waals surface area (Å²) in [5.41, 5.74) is 5.45. The standard InChI is InChI=1S/C9H15BrN4O2S/c1-9(2,17(3,15)16)5-13-7-6(10)4-12-8(11)14-7/h4H,5H2,1-3H3,(H3,11,12,13,14). The van der Waals surface area contributed by atoms with Crippen LogP contribution in [0.5, 0.6) is 0 Å². The molecule has 0 aliphatic rings. The van der Waals surface area contributed by atoms with E-state index in [1.165, 1.54) is 12.5 Å². The number of nitrogens with zero attached hydrogens (tertiary/aromatic N) is 2. The summed E-state index contributed by atoms with van der Waals surface area (Å²) in [6, 6.07) is 0. The Morgan fingerprint density at radius 1 is 1.53 bits per heavy atom. The van der Waals surface area contributed by atoms with E-state index in [1.54, 1.807) is 13.8 Å². The maximum absolute atomic E-state index is 11.5. The van der Waals surface area contributed by atoms with E-state index in [-0.39, 0.29) is 12.5 Å². The molecule has 0 saturated carbocycles. The molecular formula is C9H15BrN4O2S. The number of sulfone groups is 1. The van der Waals surface area contributed by atoms with Gasteiger partial charge in [0.15, 0.2) is 9.84 Å². The highest BCUT2D eigenvalue weighted by Gasteiger charge is 2.30. The van der Waals surface area contributed by atoms with Gasteiger partial charge in [0.05, 0.1) is 9.22 Å². The summed E-state index contributed by atoms with van der Waals surface area (Å²) in [6.45, 7) is 3.53. The van der Waals surface area contributed by atoms with Crippen LogP contribution in [0.15, 0.2) is 10.7 Å². The van der Waals surface area contributed by atoms with Gasteiger partial charge in [-0.3, -0.25) is 0 Å². The van der Waals surface area contributed by atoms with Gasteiger partial charge < -0.3 is 11.1 Å². The number of aromatic nitrogens is 2. The molecule has 8 heteroatoms. The largest absolute Gasteiger partial charge is 0.368 e. The molecule has 1 aromatic rings. The van der Waals surface area contributed by atoms with Crippen LogP contribution in [0.3, 0.4) is 0 Å². The molecule has 96 valence electrons. The van der Waals surface area contributed by atoms with E-state index >= 15 is 0 Å². The van der Waals surface area contributed by atoms with Gasteiger partial charge in [-0.1, -0.05) is 0 Å². The first-order chi connectivity index (χ1) is 7.63. The number of halogens is 1. The first-order valence-corrected chi connectivity index (χ1v) is 7.53. The lowest BCUT2D eigenvalue weighted by atomic mass is 10.2. The Kier molecular flexibility index (Phi) is 3.98. The van der Waals surface area contributed by atoms with Crippen molar-refractivity contribution in [1.82, 2.24) is 9.97 Å². The predicted molar refractivity (Wildman–Crippen MR) is 71.6 cm³/mol. The summed E-state index contributed by atoms with van der Waals surface area (Å²) in [4.78, 5) is 7.77. The van der Waals surface area contributed by atoms with Gasteiger partial charge >= 0.3 is 0 Å². The third kappa shape index (κ3) is 3.53. The van der Waals surface area contributed by atoms with Crippen molar-refractivity contribution in [2.24, 2.45) is 0 Å². The van der Waals surface area contributed by atoms with Gasteiger partial charge in [0.25, 0.3) is 0 Å². The van der Waals surface area contributed by atoms with Crippen molar-refractivity contribution in [3.63, 3.8) is 0 Å². The summed E-state index contributed by atoms with van der Waals surface area (Å²) >= 11 is 3.26. The average Bonchev–Trinajstić information content (AvgIpc) is 2.18. The smallest absolute Gasteiger partial charge is 0.221 e. The van der Waals surface area contributed by atoms with Crippen molar-refractivity contribution in [3.8, 4) is 0 Å². The van der Waals surface area contributed by atoms with E-state index in [9.17, 15) is 8.42 Å². The van der Waals surface area contributed by atoms with Gasteiger partial charge in [0.2, 0.25) is 5.95 Å². The minimum atomic E-state index is -3.15. The summed E-state index contributed by atoms with van der Waals surface area (Å²) in [6.07, 6.45) is 2.72. The lowest BCUT2D eigenvalue weighted by molar-refractivity contribution is 0.559. The molecule has 3 N–H and O–H groups in total. The number of nitrogen functional groups attached to an aromatic ring is 1. The molecule has 17 heavy (non-hydrogen) atoms. The summed E-state index contributed by atoms with van der Waals surface area (Å²) in [5.74, 6) is 0.613. The molecule has 0 atom stereocenters. The monoisotopic (exact) mass is 322 g/mol. The molecule has 0 aliphatic carbocycles. The molecule has 1 rings (SSSR count). The van der Waals surface area contributed by atoms with Crippen LogP contribution < -0.4 is 11.1 Å². The lowest BCUT2D eigenvalue weighted by Crippen LogP contribution is -2.38. The van der Waals surface area contributed by atoms with Crippen LogP contribution in [0.1, 0.15) is 13.8 Å². The average molecular weight is 323 g/mol. The second kappa shape index (κ2) is 4.77. The topological polar surface area (TPSA) is 98.0 Å². The number of nitrogens with one attached hydrogen (secondary N) is 1.